The molecule has 2 fully saturated rings. The van der Waals surface area contributed by atoms with E-state index in [-0.39, 0.29) is 5.91 Å². The Morgan fingerprint density at radius 2 is 1.76 bits per heavy atom. The van der Waals surface area contributed by atoms with Crippen molar-refractivity contribution in [3.8, 4) is 11.5 Å². The normalized spacial score (nSPS) is 18.0. The Kier molecular flexibility index (Phi) is 6.33. The van der Waals surface area contributed by atoms with Gasteiger partial charge in [-0.3, -0.25) is 9.78 Å². The van der Waals surface area contributed by atoms with Crippen LogP contribution >= 0.6 is 0 Å². The van der Waals surface area contributed by atoms with E-state index < -0.39 is 0 Å². The summed E-state index contributed by atoms with van der Waals surface area (Å²) in [7, 11) is 1.70. The molecule has 0 N–H and O–H groups in total. The third-order valence-electron chi connectivity index (χ3n) is 6.18. The zero-order valence-electron chi connectivity index (χ0n) is 17.2. The van der Waals surface area contributed by atoms with Gasteiger partial charge in [-0.05, 0) is 80.7 Å². The molecule has 0 bridgehead atoms. The van der Waals surface area contributed by atoms with Crippen molar-refractivity contribution >= 4 is 5.91 Å². The number of carbonyl (C=O) groups is 1. The van der Waals surface area contributed by atoms with Crippen LogP contribution in [-0.4, -0.2) is 42.1 Å². The van der Waals surface area contributed by atoms with Gasteiger partial charge in [-0.25, -0.2) is 0 Å². The van der Waals surface area contributed by atoms with E-state index in [2.05, 4.69) is 17.1 Å². The molecule has 0 unspecified atom stereocenters. The van der Waals surface area contributed by atoms with E-state index in [1.54, 1.807) is 31.6 Å². The molecule has 0 radical (unpaired) electrons. The van der Waals surface area contributed by atoms with Crippen LogP contribution in [0.1, 0.15) is 54.4 Å². The highest BCUT2D eigenvalue weighted by Gasteiger charge is 2.24. The standard InChI is InChI=1S/C24H30N2O3/c1-28-22-7-6-19(17-23(22)29-21-4-2-3-5-21)16-18-10-14-26(15-11-18)24(27)20-8-12-25-13-9-20/h6-9,12-13,17-18,21H,2-5,10-11,14-16H2,1H3. The molecule has 29 heavy (non-hydrogen) atoms. The van der Waals surface area contributed by atoms with Gasteiger partial charge in [0.1, 0.15) is 0 Å². The molecular weight excluding hydrogens is 364 g/mol. The van der Waals surface area contributed by atoms with Gasteiger partial charge in [-0.15, -0.1) is 0 Å². The summed E-state index contributed by atoms with van der Waals surface area (Å²) in [5.41, 5.74) is 2.01. The highest BCUT2D eigenvalue weighted by atomic mass is 16.5. The number of carbonyl (C=O) groups excluding carboxylic acids is 1. The highest BCUT2D eigenvalue weighted by Crippen LogP contribution is 2.34. The van der Waals surface area contributed by atoms with Crippen molar-refractivity contribution in [1.29, 1.82) is 0 Å². The molecule has 2 aliphatic rings. The molecule has 5 heteroatoms. The van der Waals surface area contributed by atoms with Crippen molar-refractivity contribution in [2.24, 2.45) is 5.92 Å². The molecule has 2 aromatic rings. The lowest BCUT2D eigenvalue weighted by atomic mass is 9.90. The number of piperidine rings is 1. The summed E-state index contributed by atoms with van der Waals surface area (Å²) in [4.78, 5) is 18.6. The van der Waals surface area contributed by atoms with Crippen molar-refractivity contribution in [2.75, 3.05) is 20.2 Å². The average Bonchev–Trinajstić information content (AvgIpc) is 3.28. The Bertz CT molecular complexity index is 810. The Balaban J connectivity index is 1.34. The van der Waals surface area contributed by atoms with Gasteiger partial charge in [0.05, 0.1) is 13.2 Å². The van der Waals surface area contributed by atoms with Crippen LogP contribution in [0.25, 0.3) is 0 Å². The molecule has 2 heterocycles. The van der Waals surface area contributed by atoms with Crippen molar-refractivity contribution in [1.82, 2.24) is 9.88 Å². The molecule has 1 aliphatic carbocycles. The molecule has 1 amide bonds. The molecule has 154 valence electrons. The second-order valence-corrected chi connectivity index (χ2v) is 8.19. The Morgan fingerprint density at radius 1 is 1.03 bits per heavy atom. The Labute approximate surface area is 173 Å². The Morgan fingerprint density at radius 3 is 2.45 bits per heavy atom. The zero-order valence-corrected chi connectivity index (χ0v) is 17.2. The lowest BCUT2D eigenvalue weighted by molar-refractivity contribution is 0.0690. The summed E-state index contributed by atoms with van der Waals surface area (Å²) in [6.45, 7) is 1.63. The number of amides is 1. The van der Waals surface area contributed by atoms with Crippen LogP contribution in [0.15, 0.2) is 42.7 Å². The van der Waals surface area contributed by atoms with Gasteiger partial charge in [-0.1, -0.05) is 6.07 Å². The quantitative estimate of drug-likeness (QED) is 0.724. The number of methoxy groups -OCH3 is 1. The summed E-state index contributed by atoms with van der Waals surface area (Å²) in [5.74, 6) is 2.40. The van der Waals surface area contributed by atoms with E-state index in [9.17, 15) is 4.79 Å². The molecule has 0 atom stereocenters. The second kappa shape index (κ2) is 9.29. The van der Waals surface area contributed by atoms with E-state index in [0.29, 0.717) is 12.0 Å². The molecule has 1 saturated carbocycles. The van der Waals surface area contributed by atoms with Crippen LogP contribution in [0.3, 0.4) is 0 Å². The van der Waals surface area contributed by atoms with Gasteiger partial charge in [0.2, 0.25) is 0 Å². The first-order valence-corrected chi connectivity index (χ1v) is 10.8. The van der Waals surface area contributed by atoms with Crippen molar-refractivity contribution in [3.63, 3.8) is 0 Å². The largest absolute Gasteiger partial charge is 0.493 e. The van der Waals surface area contributed by atoms with Crippen molar-refractivity contribution in [2.45, 2.75) is 51.0 Å². The molecular formula is C24H30N2O3. The van der Waals surface area contributed by atoms with Crippen LogP contribution in [0.4, 0.5) is 0 Å². The minimum atomic E-state index is 0.113. The topological polar surface area (TPSA) is 51.7 Å². The number of benzene rings is 1. The minimum absolute atomic E-state index is 0.113. The van der Waals surface area contributed by atoms with Gasteiger partial charge in [0.25, 0.3) is 5.91 Å². The molecule has 1 aromatic carbocycles. The van der Waals surface area contributed by atoms with Gasteiger partial charge in [0, 0.05) is 31.0 Å². The summed E-state index contributed by atoms with van der Waals surface area (Å²) in [6, 6.07) is 9.91. The number of hydrogen-bond acceptors (Lipinski definition) is 4. The van der Waals surface area contributed by atoms with Crippen LogP contribution in [0.2, 0.25) is 0 Å². The fraction of sp³-hybridized carbons (Fsp3) is 0.500. The first-order chi connectivity index (χ1) is 14.2. The lowest BCUT2D eigenvalue weighted by Crippen LogP contribution is -2.38. The van der Waals surface area contributed by atoms with E-state index in [1.165, 1.54) is 18.4 Å². The average molecular weight is 395 g/mol. The summed E-state index contributed by atoms with van der Waals surface area (Å²) in [6.07, 6.45) is 11.5. The molecule has 5 nitrogen and oxygen atoms in total. The van der Waals surface area contributed by atoms with Gasteiger partial charge >= 0.3 is 0 Å². The lowest BCUT2D eigenvalue weighted by Gasteiger charge is -2.32. The first-order valence-electron chi connectivity index (χ1n) is 10.8. The number of pyridine rings is 1. The van der Waals surface area contributed by atoms with E-state index >= 15 is 0 Å². The molecule has 1 aliphatic heterocycles. The third kappa shape index (κ3) is 4.89. The smallest absolute Gasteiger partial charge is 0.253 e. The number of nitrogens with zero attached hydrogens (tertiary/aromatic N) is 2. The minimum Gasteiger partial charge on any atom is -0.493 e. The maximum atomic E-state index is 12.6. The fourth-order valence-corrected chi connectivity index (χ4v) is 4.48. The summed E-state index contributed by atoms with van der Waals surface area (Å²) >= 11 is 0. The van der Waals surface area contributed by atoms with Crippen molar-refractivity contribution < 1.29 is 14.3 Å². The van der Waals surface area contributed by atoms with Gasteiger partial charge in [-0.2, -0.15) is 0 Å². The fourth-order valence-electron chi connectivity index (χ4n) is 4.48. The number of ether oxygens (including phenoxy) is 2. The maximum absolute atomic E-state index is 12.6. The first kappa shape index (κ1) is 19.7. The Hall–Kier alpha value is -2.56. The van der Waals surface area contributed by atoms with Crippen LogP contribution in [0, 0.1) is 5.92 Å². The molecule has 1 aromatic heterocycles. The highest BCUT2D eigenvalue weighted by molar-refractivity contribution is 5.94. The third-order valence-corrected chi connectivity index (χ3v) is 6.18. The van der Waals surface area contributed by atoms with Crippen LogP contribution in [0.5, 0.6) is 11.5 Å². The molecule has 4 rings (SSSR count). The number of rotatable bonds is 6. The predicted octanol–water partition coefficient (Wildman–Crippen LogP) is 4.51. The number of aromatic nitrogens is 1. The summed E-state index contributed by atoms with van der Waals surface area (Å²) < 4.78 is 11.8. The maximum Gasteiger partial charge on any atom is 0.253 e. The summed E-state index contributed by atoms with van der Waals surface area (Å²) in [5, 5.41) is 0. The predicted molar refractivity (Wildman–Crippen MR) is 112 cm³/mol. The van der Waals surface area contributed by atoms with E-state index in [4.69, 9.17) is 9.47 Å². The molecule has 0 spiro atoms. The van der Waals surface area contributed by atoms with Gasteiger partial charge in [0.15, 0.2) is 11.5 Å². The zero-order chi connectivity index (χ0) is 20.1. The van der Waals surface area contributed by atoms with Crippen LogP contribution < -0.4 is 9.47 Å². The van der Waals surface area contributed by atoms with Crippen molar-refractivity contribution in [3.05, 3.63) is 53.9 Å². The van der Waals surface area contributed by atoms with Gasteiger partial charge < -0.3 is 14.4 Å². The second-order valence-electron chi connectivity index (χ2n) is 8.19. The van der Waals surface area contributed by atoms with Crippen LogP contribution in [-0.2, 0) is 6.42 Å². The number of hydrogen-bond donors (Lipinski definition) is 0. The van der Waals surface area contributed by atoms with E-state index in [1.807, 2.05) is 11.0 Å². The monoisotopic (exact) mass is 394 g/mol. The van der Waals surface area contributed by atoms with E-state index in [0.717, 1.165) is 62.3 Å². The SMILES string of the molecule is COc1ccc(CC2CCN(C(=O)c3ccncc3)CC2)cc1OC1CCCC1. The number of likely N-dealkylation sites (tertiary alicyclic amines) is 1. The molecule has 1 saturated heterocycles.